The number of allylic oxidation sites excluding steroid dienone is 3. The molecular formula is C54H77N3O2Si. The first-order valence-corrected chi connectivity index (χ1v) is 25.4. The molecule has 2 aromatic heterocycles. The largest absolute Gasteiger partial charge is 0.624 e. The van der Waals surface area contributed by atoms with E-state index in [4.69, 9.17) is 4.43 Å². The van der Waals surface area contributed by atoms with Crippen LogP contribution in [0.3, 0.4) is 0 Å². The number of hydrogen-bond donors (Lipinski definition) is 0. The van der Waals surface area contributed by atoms with E-state index in [1.807, 2.05) is 43.1 Å². The Balaban J connectivity index is 1.22. The van der Waals surface area contributed by atoms with Gasteiger partial charge in [0.15, 0.2) is 12.8 Å². The van der Waals surface area contributed by atoms with Crippen LogP contribution in [-0.4, -0.2) is 41.9 Å². The van der Waals surface area contributed by atoms with Gasteiger partial charge in [-0.05, 0) is 116 Å². The van der Waals surface area contributed by atoms with Crippen molar-refractivity contribution in [3.8, 4) is 0 Å². The Bertz CT molecular complexity index is 1700. The number of unbranched alkanes of at least 4 members (excludes halogenated alkanes) is 14. The zero-order valence-corrected chi connectivity index (χ0v) is 38.6. The highest BCUT2D eigenvalue weighted by molar-refractivity contribution is 6.99. The summed E-state index contributed by atoms with van der Waals surface area (Å²) in [6, 6.07) is 30.2. The van der Waals surface area contributed by atoms with Gasteiger partial charge in [0.2, 0.25) is 0 Å². The van der Waals surface area contributed by atoms with Gasteiger partial charge in [0, 0.05) is 31.2 Å². The average Bonchev–Trinajstić information content (AvgIpc) is 3.27. The molecular weight excluding hydrogens is 751 g/mol. The van der Waals surface area contributed by atoms with Crippen molar-refractivity contribution in [1.82, 2.24) is 9.97 Å². The predicted molar refractivity (Wildman–Crippen MR) is 259 cm³/mol. The van der Waals surface area contributed by atoms with E-state index in [-0.39, 0.29) is 11.1 Å². The molecule has 0 bridgehead atoms. The molecule has 2 heterocycles. The Kier molecular flexibility index (Phi) is 23.6. The highest BCUT2D eigenvalue weighted by Gasteiger charge is 2.51. The highest BCUT2D eigenvalue weighted by Crippen LogP contribution is 2.38. The first-order valence-electron chi connectivity index (χ1n) is 23.5. The molecule has 0 radical (unpaired) electrons. The van der Waals surface area contributed by atoms with Crippen molar-refractivity contribution < 1.29 is 9.16 Å². The summed E-state index contributed by atoms with van der Waals surface area (Å²) in [5.74, 6) is 0. The quantitative estimate of drug-likeness (QED) is 0.00964. The molecule has 0 aliphatic carbocycles. The highest BCUT2D eigenvalue weighted by atomic mass is 28.4. The Labute approximate surface area is 366 Å². The van der Waals surface area contributed by atoms with E-state index in [1.54, 1.807) is 0 Å². The monoisotopic (exact) mass is 828 g/mol. The van der Waals surface area contributed by atoms with Crippen molar-refractivity contribution in [3.63, 3.8) is 0 Å². The molecule has 4 aromatic rings. The molecule has 0 unspecified atom stereocenters. The number of benzene rings is 2. The fraction of sp³-hybridized carbons (Fsp3) is 0.500. The first kappa shape index (κ1) is 48.5. The van der Waals surface area contributed by atoms with E-state index in [0.29, 0.717) is 13.0 Å². The zero-order valence-electron chi connectivity index (χ0n) is 37.6. The molecule has 0 fully saturated rings. The maximum absolute atomic E-state index is 13.2. The van der Waals surface area contributed by atoms with E-state index < -0.39 is 8.32 Å². The van der Waals surface area contributed by atoms with Crippen LogP contribution >= 0.6 is 0 Å². The summed E-state index contributed by atoms with van der Waals surface area (Å²) >= 11 is 0. The van der Waals surface area contributed by atoms with Crippen LogP contribution < -0.4 is 10.4 Å². The Morgan fingerprint density at radius 2 is 1.00 bits per heavy atom. The maximum atomic E-state index is 13.2. The summed E-state index contributed by atoms with van der Waals surface area (Å²) < 4.78 is 8.73. The minimum Gasteiger partial charge on any atom is -0.624 e. The molecule has 0 N–H and O–H groups in total. The van der Waals surface area contributed by atoms with Crippen molar-refractivity contribution in [1.29, 1.82) is 0 Å². The van der Waals surface area contributed by atoms with Crippen LogP contribution in [0.2, 0.25) is 5.04 Å². The lowest BCUT2D eigenvalue weighted by Crippen LogP contribution is -2.67. The third-order valence-electron chi connectivity index (χ3n) is 11.7. The van der Waals surface area contributed by atoms with Gasteiger partial charge in [-0.3, -0.25) is 9.97 Å². The SMILES string of the molecule is CC(C)(C)[Si](O[C@@H](C/C=C\CCCCCCCCc1cccnc1)C/C=[N+](/[O-])CCCCC/C=C\CCCCCCCc1cccnc1)(c1ccccc1)c1ccccc1. The number of aryl methyl sites for hydroxylation is 2. The van der Waals surface area contributed by atoms with Gasteiger partial charge >= 0.3 is 0 Å². The summed E-state index contributed by atoms with van der Waals surface area (Å²) in [5, 5.41) is 15.6. The van der Waals surface area contributed by atoms with Crippen LogP contribution in [0.1, 0.15) is 154 Å². The van der Waals surface area contributed by atoms with E-state index in [2.05, 4.69) is 128 Å². The van der Waals surface area contributed by atoms with Crippen LogP contribution in [0.5, 0.6) is 0 Å². The number of pyridine rings is 2. The molecule has 0 saturated heterocycles. The number of rotatable bonds is 31. The van der Waals surface area contributed by atoms with Crippen molar-refractivity contribution >= 4 is 24.9 Å². The van der Waals surface area contributed by atoms with Crippen LogP contribution in [0.15, 0.2) is 134 Å². The molecule has 324 valence electrons. The predicted octanol–water partition coefficient (Wildman–Crippen LogP) is 13.3. The Hall–Kier alpha value is -4.13. The Morgan fingerprint density at radius 3 is 1.47 bits per heavy atom. The van der Waals surface area contributed by atoms with Crippen LogP contribution in [0.4, 0.5) is 0 Å². The second-order valence-corrected chi connectivity index (χ2v) is 21.9. The van der Waals surface area contributed by atoms with Crippen LogP contribution in [-0.2, 0) is 17.3 Å². The standard InChI is InChI=1S/C54H77N3O2Si/c1-54(2,3)60(52-38-26-21-27-39-52,53-40-28-22-29-41-53)59-51(37-25-19-15-11-8-10-14-18-24-34-50-36-32-44-56-48-50)42-46-57(58)45-30-20-16-12-7-5-4-6-9-13-17-23-33-49-35-31-43-55-47-49/h5,7,19,21-22,25-29,31-32,35-36,38-41,43-44,46-48,51H,4,6,8-18,20,23-24,30,33-34,37,42,45H2,1-3H3/b7-5-,25-19-,57-46+/t51-/m0/s1. The Morgan fingerprint density at radius 1 is 0.550 bits per heavy atom. The van der Waals surface area contributed by atoms with Crippen molar-refractivity contribution in [2.75, 3.05) is 6.54 Å². The van der Waals surface area contributed by atoms with Crippen molar-refractivity contribution in [2.24, 2.45) is 0 Å². The fourth-order valence-corrected chi connectivity index (χ4v) is 13.0. The van der Waals surface area contributed by atoms with Gasteiger partial charge in [-0.15, -0.1) is 0 Å². The number of hydroxylamine groups is 1. The molecule has 0 aliphatic heterocycles. The molecule has 5 nitrogen and oxygen atoms in total. The molecule has 0 amide bonds. The van der Waals surface area contributed by atoms with Crippen LogP contribution in [0, 0.1) is 5.21 Å². The summed E-state index contributed by atoms with van der Waals surface area (Å²) in [4.78, 5) is 8.45. The van der Waals surface area contributed by atoms with Crippen LogP contribution in [0.25, 0.3) is 0 Å². The van der Waals surface area contributed by atoms with Gasteiger partial charge in [-0.2, -0.15) is 0 Å². The number of aromatic nitrogens is 2. The van der Waals surface area contributed by atoms with E-state index >= 15 is 0 Å². The van der Waals surface area contributed by atoms with E-state index in [9.17, 15) is 5.21 Å². The van der Waals surface area contributed by atoms with Gasteiger partial charge in [0.25, 0.3) is 8.32 Å². The van der Waals surface area contributed by atoms with Gasteiger partial charge in [-0.1, -0.05) is 163 Å². The maximum Gasteiger partial charge on any atom is 0.261 e. The first-order chi connectivity index (χ1) is 29.4. The molecule has 6 heteroatoms. The zero-order chi connectivity index (χ0) is 42.4. The fourth-order valence-electron chi connectivity index (χ4n) is 8.28. The summed E-state index contributed by atoms with van der Waals surface area (Å²) in [7, 11) is -2.76. The van der Waals surface area contributed by atoms with Gasteiger partial charge < -0.3 is 9.63 Å². The molecule has 60 heavy (non-hydrogen) atoms. The number of nitrogens with zero attached hydrogens (tertiary/aromatic N) is 3. The minimum atomic E-state index is -2.76. The average molecular weight is 828 g/mol. The minimum absolute atomic E-state index is 0.0965. The topological polar surface area (TPSA) is 61.1 Å². The van der Waals surface area contributed by atoms with Crippen molar-refractivity contribution in [2.45, 2.75) is 167 Å². The smallest absolute Gasteiger partial charge is 0.261 e. The number of hydrogen-bond acceptors (Lipinski definition) is 4. The second-order valence-electron chi connectivity index (χ2n) is 17.7. The molecule has 0 saturated carbocycles. The molecule has 2 aromatic carbocycles. The van der Waals surface area contributed by atoms with E-state index in [1.165, 1.54) is 103 Å². The summed E-state index contributed by atoms with van der Waals surface area (Å²) in [5.41, 5.74) is 2.69. The molecule has 4 rings (SSSR count). The summed E-state index contributed by atoms with van der Waals surface area (Å²) in [6.07, 6.45) is 43.0. The van der Waals surface area contributed by atoms with Gasteiger partial charge in [0.05, 0.1) is 12.5 Å². The lowest BCUT2D eigenvalue weighted by Gasteiger charge is -2.45. The van der Waals surface area contributed by atoms with Crippen molar-refractivity contribution in [3.05, 3.63) is 150 Å². The molecule has 1 atom stereocenters. The normalized spacial score (nSPS) is 13.1. The second kappa shape index (κ2) is 29.2. The molecule has 0 aliphatic rings. The molecule has 0 spiro atoms. The third-order valence-corrected chi connectivity index (χ3v) is 16.8. The van der Waals surface area contributed by atoms with Gasteiger partial charge in [0.1, 0.15) is 0 Å². The van der Waals surface area contributed by atoms with E-state index in [0.717, 1.165) is 51.4 Å². The lowest BCUT2D eigenvalue weighted by atomic mass is 10.1. The summed E-state index contributed by atoms with van der Waals surface area (Å²) in [6.45, 7) is 7.53. The lowest BCUT2D eigenvalue weighted by molar-refractivity contribution is -0.454. The third kappa shape index (κ3) is 18.6. The van der Waals surface area contributed by atoms with Gasteiger partial charge in [-0.25, -0.2) is 4.74 Å².